The minimum atomic E-state index is 0.0114. The quantitative estimate of drug-likeness (QED) is 0.783. The molecule has 82 valence electrons. The van der Waals surface area contributed by atoms with Crippen LogP contribution in [0.2, 0.25) is 5.02 Å². The first-order chi connectivity index (χ1) is 7.50. The average Bonchev–Trinajstić information content (AvgIpc) is 2.47. The minimum absolute atomic E-state index is 0.0114. The highest BCUT2D eigenvalue weighted by atomic mass is 35.5. The highest BCUT2D eigenvalue weighted by Crippen LogP contribution is 2.33. The number of rotatable bonds is 1. The highest BCUT2D eigenvalue weighted by molar-refractivity contribution is 6.32. The molecule has 0 radical (unpaired) electrons. The van der Waals surface area contributed by atoms with Gasteiger partial charge >= 0.3 is 0 Å². The third kappa shape index (κ3) is 1.59. The van der Waals surface area contributed by atoms with Gasteiger partial charge in [0.15, 0.2) is 0 Å². The van der Waals surface area contributed by atoms with Gasteiger partial charge in [0.25, 0.3) is 0 Å². The van der Waals surface area contributed by atoms with Crippen molar-refractivity contribution >= 4 is 23.1 Å². The number of hydrogen-bond acceptors (Lipinski definition) is 2. The normalized spacial score (nSPS) is 15.6. The summed E-state index contributed by atoms with van der Waals surface area (Å²) in [5.74, 6) is 0.330. The highest BCUT2D eigenvalue weighted by Gasteiger charge is 2.22. The van der Waals surface area contributed by atoms with E-state index in [2.05, 4.69) is 6.58 Å². The van der Waals surface area contributed by atoms with E-state index in [0.29, 0.717) is 22.1 Å². The lowest BCUT2D eigenvalue weighted by Crippen LogP contribution is -2.23. The van der Waals surface area contributed by atoms with E-state index in [1.165, 1.54) is 6.07 Å². The third-order valence-electron chi connectivity index (χ3n) is 2.45. The standard InChI is InChI=1S/C12H11ClN2O/c1-7-5-8(2)15(12(7)14)9-3-4-10(13)11(16)6-9/h3-6,14,16H,1H2,2H3. The maximum Gasteiger partial charge on any atom is 0.136 e. The van der Waals surface area contributed by atoms with Crippen LogP contribution in [0.1, 0.15) is 6.92 Å². The van der Waals surface area contributed by atoms with E-state index in [9.17, 15) is 5.11 Å². The predicted molar refractivity (Wildman–Crippen MR) is 66.2 cm³/mol. The number of allylic oxidation sites excluding steroid dienone is 1. The topological polar surface area (TPSA) is 47.3 Å². The second-order valence-corrected chi connectivity index (χ2v) is 4.04. The van der Waals surface area contributed by atoms with Crippen molar-refractivity contribution in [3.8, 4) is 5.75 Å². The summed E-state index contributed by atoms with van der Waals surface area (Å²) in [6.07, 6.45) is 1.83. The van der Waals surface area contributed by atoms with Crippen LogP contribution in [-0.4, -0.2) is 10.9 Å². The van der Waals surface area contributed by atoms with Crippen LogP contribution in [-0.2, 0) is 0 Å². The fourth-order valence-corrected chi connectivity index (χ4v) is 1.80. The molecule has 1 aliphatic heterocycles. The number of halogens is 1. The Morgan fingerprint density at radius 1 is 1.44 bits per heavy atom. The Labute approximate surface area is 98.8 Å². The second-order valence-electron chi connectivity index (χ2n) is 3.63. The summed E-state index contributed by atoms with van der Waals surface area (Å²) in [6.45, 7) is 5.66. The van der Waals surface area contributed by atoms with Crippen molar-refractivity contribution in [3.05, 3.63) is 47.1 Å². The van der Waals surface area contributed by atoms with Gasteiger partial charge in [-0.2, -0.15) is 0 Å². The Morgan fingerprint density at radius 2 is 2.12 bits per heavy atom. The molecule has 0 aliphatic carbocycles. The number of benzene rings is 1. The average molecular weight is 235 g/mol. The maximum atomic E-state index is 9.53. The lowest BCUT2D eigenvalue weighted by molar-refractivity contribution is 0.476. The van der Waals surface area contributed by atoms with E-state index in [4.69, 9.17) is 17.0 Å². The van der Waals surface area contributed by atoms with Crippen LogP contribution in [0.4, 0.5) is 5.69 Å². The Bertz CT molecular complexity index is 520. The number of anilines is 1. The fraction of sp³-hybridized carbons (Fsp3) is 0.0833. The van der Waals surface area contributed by atoms with Crippen molar-refractivity contribution in [2.75, 3.05) is 4.90 Å². The van der Waals surface area contributed by atoms with Gasteiger partial charge in [0.1, 0.15) is 11.6 Å². The molecule has 0 unspecified atom stereocenters. The minimum Gasteiger partial charge on any atom is -0.506 e. The van der Waals surface area contributed by atoms with E-state index in [0.717, 1.165) is 5.70 Å². The summed E-state index contributed by atoms with van der Waals surface area (Å²) in [5, 5.41) is 17.7. The summed E-state index contributed by atoms with van der Waals surface area (Å²) >= 11 is 5.73. The largest absolute Gasteiger partial charge is 0.506 e. The predicted octanol–water partition coefficient (Wildman–Crippen LogP) is 3.30. The van der Waals surface area contributed by atoms with Gasteiger partial charge in [-0.1, -0.05) is 18.2 Å². The summed E-state index contributed by atoms with van der Waals surface area (Å²) < 4.78 is 0. The van der Waals surface area contributed by atoms with E-state index in [1.807, 2.05) is 13.0 Å². The third-order valence-corrected chi connectivity index (χ3v) is 2.77. The molecule has 2 rings (SSSR count). The monoisotopic (exact) mass is 234 g/mol. The van der Waals surface area contributed by atoms with E-state index in [1.54, 1.807) is 17.0 Å². The Hall–Kier alpha value is -1.74. The Balaban J connectivity index is 2.46. The van der Waals surface area contributed by atoms with Gasteiger partial charge in [-0.15, -0.1) is 0 Å². The van der Waals surface area contributed by atoms with Crippen molar-refractivity contribution in [1.82, 2.24) is 0 Å². The Morgan fingerprint density at radius 3 is 2.62 bits per heavy atom. The van der Waals surface area contributed by atoms with Crippen LogP contribution in [0.3, 0.4) is 0 Å². The molecular weight excluding hydrogens is 224 g/mol. The van der Waals surface area contributed by atoms with Gasteiger partial charge in [0.2, 0.25) is 0 Å². The van der Waals surface area contributed by atoms with Gasteiger partial charge < -0.3 is 5.11 Å². The van der Waals surface area contributed by atoms with Gasteiger partial charge in [-0.25, -0.2) is 0 Å². The van der Waals surface area contributed by atoms with Crippen LogP contribution < -0.4 is 4.90 Å². The number of phenols is 1. The van der Waals surface area contributed by atoms with Crippen molar-refractivity contribution in [1.29, 1.82) is 5.41 Å². The molecule has 0 amide bonds. The molecule has 1 aromatic rings. The van der Waals surface area contributed by atoms with Crippen LogP contribution >= 0.6 is 11.6 Å². The molecule has 4 heteroatoms. The molecule has 1 aromatic carbocycles. The van der Waals surface area contributed by atoms with E-state index in [-0.39, 0.29) is 5.75 Å². The molecule has 0 spiro atoms. The van der Waals surface area contributed by atoms with Crippen LogP contribution in [0.5, 0.6) is 5.75 Å². The molecule has 16 heavy (non-hydrogen) atoms. The molecule has 0 aromatic heterocycles. The number of nitrogens with zero attached hydrogens (tertiary/aromatic N) is 1. The SMILES string of the molecule is C=C1C=C(C)N(c2ccc(Cl)c(O)c2)C1=N. The molecule has 0 saturated carbocycles. The van der Waals surface area contributed by atoms with E-state index >= 15 is 0 Å². The van der Waals surface area contributed by atoms with Crippen molar-refractivity contribution in [2.24, 2.45) is 0 Å². The van der Waals surface area contributed by atoms with Crippen molar-refractivity contribution in [2.45, 2.75) is 6.92 Å². The molecule has 2 N–H and O–H groups in total. The molecule has 3 nitrogen and oxygen atoms in total. The smallest absolute Gasteiger partial charge is 0.136 e. The summed E-state index contributed by atoms with van der Waals surface area (Å²) in [7, 11) is 0. The zero-order chi connectivity index (χ0) is 11.9. The van der Waals surface area contributed by atoms with Gasteiger partial charge in [0.05, 0.1) is 10.7 Å². The van der Waals surface area contributed by atoms with Gasteiger partial charge in [0, 0.05) is 17.3 Å². The summed E-state index contributed by atoms with van der Waals surface area (Å²) in [6, 6.07) is 4.90. The molecule has 0 fully saturated rings. The lowest BCUT2D eigenvalue weighted by Gasteiger charge is -2.20. The molecule has 1 aliphatic rings. The number of amidine groups is 1. The molecule has 1 heterocycles. The number of aromatic hydroxyl groups is 1. The van der Waals surface area contributed by atoms with Crippen molar-refractivity contribution < 1.29 is 5.11 Å². The van der Waals surface area contributed by atoms with Crippen LogP contribution in [0.15, 0.2) is 42.1 Å². The first-order valence-corrected chi connectivity index (χ1v) is 5.13. The molecular formula is C12H11ClN2O. The first kappa shape index (κ1) is 10.8. The second kappa shape index (κ2) is 3.68. The first-order valence-electron chi connectivity index (χ1n) is 4.75. The summed E-state index contributed by atoms with van der Waals surface area (Å²) in [5.41, 5.74) is 2.27. The number of phenolic OH excluding ortho intramolecular Hbond substituents is 1. The molecule has 0 saturated heterocycles. The Kier molecular flexibility index (Phi) is 2.48. The number of hydrogen-bond donors (Lipinski definition) is 2. The van der Waals surface area contributed by atoms with Crippen LogP contribution in [0.25, 0.3) is 0 Å². The van der Waals surface area contributed by atoms with Crippen LogP contribution in [0, 0.1) is 5.41 Å². The summed E-state index contributed by atoms with van der Waals surface area (Å²) in [4.78, 5) is 1.71. The van der Waals surface area contributed by atoms with Gasteiger partial charge in [-0.3, -0.25) is 10.3 Å². The maximum absolute atomic E-state index is 9.53. The molecule has 0 atom stereocenters. The lowest BCUT2D eigenvalue weighted by atomic mass is 10.2. The fourth-order valence-electron chi connectivity index (χ4n) is 1.68. The van der Waals surface area contributed by atoms with Gasteiger partial charge in [-0.05, 0) is 25.1 Å². The molecule has 0 bridgehead atoms. The van der Waals surface area contributed by atoms with Crippen molar-refractivity contribution in [3.63, 3.8) is 0 Å². The van der Waals surface area contributed by atoms with E-state index < -0.39 is 0 Å². The number of nitrogens with one attached hydrogen (secondary N) is 1. The zero-order valence-corrected chi connectivity index (χ0v) is 9.54. The zero-order valence-electron chi connectivity index (χ0n) is 8.79.